The molecule has 6 heteroatoms. The number of fused-ring (bicyclic) bond motifs is 15. The molecule has 0 aliphatic rings. The Balaban J connectivity index is 0.0000000999. The van der Waals surface area contributed by atoms with Crippen molar-refractivity contribution in [3.63, 3.8) is 0 Å². The summed E-state index contributed by atoms with van der Waals surface area (Å²) in [6.45, 7) is 12.7. The molecule has 0 spiro atoms. The zero-order chi connectivity index (χ0) is 60.1. The predicted octanol–water partition coefficient (Wildman–Crippen LogP) is 25.8. The molecule has 0 saturated carbocycles. The molecule has 88 heavy (non-hydrogen) atoms. The maximum absolute atomic E-state index is 6.07. The summed E-state index contributed by atoms with van der Waals surface area (Å²) in [7, 11) is 0. The van der Waals surface area contributed by atoms with Crippen LogP contribution < -0.4 is 0 Å². The molecule has 0 unspecified atom stereocenters. The van der Waals surface area contributed by atoms with Gasteiger partial charge < -0.3 is 13.3 Å². The van der Waals surface area contributed by atoms with E-state index in [2.05, 4.69) is 271 Å². The maximum atomic E-state index is 6.07. The normalized spacial score (nSPS) is 11.1. The van der Waals surface area contributed by atoms with Crippen LogP contribution in [0.25, 0.3) is 128 Å². The first-order valence-corrected chi connectivity index (χ1v) is 32.2. The van der Waals surface area contributed by atoms with E-state index in [1.54, 1.807) is 11.3 Å². The molecule has 0 bridgehead atoms. The van der Waals surface area contributed by atoms with Crippen LogP contribution in [0, 0.1) is 41.5 Å². The molecular weight excluding hydrogens is 1130 g/mol. The first-order chi connectivity index (χ1) is 43.1. The minimum atomic E-state index is 0.946. The fraction of sp³-hybridized carbons (Fsp3) is 0.0732. The Hall–Kier alpha value is -9.82. The second kappa shape index (κ2) is 25.6. The van der Waals surface area contributed by atoms with Crippen LogP contribution in [0.4, 0.5) is 0 Å². The van der Waals surface area contributed by atoms with Gasteiger partial charge in [-0.3, -0.25) is 0 Å². The number of thiophene rings is 3. The third kappa shape index (κ3) is 12.3. The fourth-order valence-electron chi connectivity index (χ4n) is 11.3. The van der Waals surface area contributed by atoms with E-state index in [0.29, 0.717) is 0 Å². The number of aryl methyl sites for hydroxylation is 6. The van der Waals surface area contributed by atoms with Gasteiger partial charge in [0.2, 0.25) is 0 Å². The third-order valence-electron chi connectivity index (χ3n) is 15.9. The van der Waals surface area contributed by atoms with Gasteiger partial charge in [-0.15, -0.1) is 34.0 Å². The van der Waals surface area contributed by atoms with Gasteiger partial charge >= 0.3 is 0 Å². The highest BCUT2D eigenvalue weighted by Crippen LogP contribution is 2.39. The van der Waals surface area contributed by atoms with Crippen molar-refractivity contribution >= 4 is 140 Å². The molecule has 0 atom stereocenters. The summed E-state index contributed by atoms with van der Waals surface area (Å²) in [5, 5.41) is 14.8. The van der Waals surface area contributed by atoms with E-state index in [-0.39, 0.29) is 0 Å². The van der Waals surface area contributed by atoms with Crippen LogP contribution in [0.3, 0.4) is 0 Å². The van der Waals surface area contributed by atoms with Crippen LogP contribution in [0.5, 0.6) is 0 Å². The van der Waals surface area contributed by atoms with Crippen molar-refractivity contribution in [3.05, 3.63) is 311 Å². The molecule has 0 aliphatic heterocycles. The number of rotatable bonds is 2. The fourth-order valence-corrected chi connectivity index (χ4v) is 14.1. The number of hydrogen-bond acceptors (Lipinski definition) is 6. The third-order valence-corrected chi connectivity index (χ3v) is 19.1. The van der Waals surface area contributed by atoms with E-state index >= 15 is 0 Å². The van der Waals surface area contributed by atoms with Gasteiger partial charge in [-0.2, -0.15) is 0 Å². The second-order valence-corrected chi connectivity index (χ2v) is 25.6. The minimum absolute atomic E-state index is 0.946. The average molecular weight is 1190 g/mol. The highest BCUT2D eigenvalue weighted by atomic mass is 32.1. The monoisotopic (exact) mass is 1190 g/mol. The van der Waals surface area contributed by atoms with Crippen molar-refractivity contribution < 1.29 is 13.3 Å². The van der Waals surface area contributed by atoms with Gasteiger partial charge in [0.25, 0.3) is 0 Å². The first-order valence-electron chi connectivity index (χ1n) is 29.7. The van der Waals surface area contributed by atoms with Crippen LogP contribution in [0.1, 0.15) is 32.7 Å². The lowest BCUT2D eigenvalue weighted by molar-refractivity contribution is 0.668. The van der Waals surface area contributed by atoms with Gasteiger partial charge in [-0.1, -0.05) is 222 Å². The molecule has 18 rings (SSSR count). The Morgan fingerprint density at radius 3 is 1.32 bits per heavy atom. The number of para-hydroxylation sites is 4. The molecular formula is C82H64O3S3. The van der Waals surface area contributed by atoms with E-state index in [4.69, 9.17) is 13.3 Å². The lowest BCUT2D eigenvalue weighted by Gasteiger charge is -2.03. The zero-order valence-electron chi connectivity index (χ0n) is 50.0. The largest absolute Gasteiger partial charge is 0.456 e. The molecule has 0 aliphatic carbocycles. The van der Waals surface area contributed by atoms with Crippen molar-refractivity contribution in [2.24, 2.45) is 0 Å². The van der Waals surface area contributed by atoms with Gasteiger partial charge in [-0.05, 0) is 142 Å². The first kappa shape index (κ1) is 57.3. The van der Waals surface area contributed by atoms with Crippen molar-refractivity contribution in [3.8, 4) is 22.3 Å². The van der Waals surface area contributed by atoms with Crippen LogP contribution in [0.15, 0.2) is 292 Å². The summed E-state index contributed by atoms with van der Waals surface area (Å²) in [5.41, 5.74) is 17.1. The summed E-state index contributed by atoms with van der Waals surface area (Å²) in [6.07, 6.45) is 0. The Bertz CT molecular complexity index is 5260. The number of benzene rings is 12. The van der Waals surface area contributed by atoms with Crippen LogP contribution in [-0.4, -0.2) is 0 Å². The number of hydrogen-bond donors (Lipinski definition) is 0. The summed E-state index contributed by atoms with van der Waals surface area (Å²) in [6, 6.07) is 95.3. The number of furan rings is 3. The smallest absolute Gasteiger partial charge is 0.143 e. The lowest BCUT2D eigenvalue weighted by Crippen LogP contribution is -1.79. The second-order valence-electron chi connectivity index (χ2n) is 22.3. The van der Waals surface area contributed by atoms with Crippen molar-refractivity contribution in [1.82, 2.24) is 0 Å². The predicted molar refractivity (Wildman–Crippen MR) is 383 cm³/mol. The van der Waals surface area contributed by atoms with E-state index in [1.165, 1.54) is 122 Å². The standard InChI is InChI=1S/2C19H14O.C13H10O.2C13H10S.C5H6S/c1-13-9-11-14(12-10-13)15-6-4-7-17-16-5-2-3-8-18(16)20-19(15)17;1-13-6-8-14(9-7-13)15-10-11-19-17(12-15)16-4-2-3-5-18(16)20-19;1-9-6-7-13-11(8-9)10-4-2-3-5-12(10)14-13;1-9-5-4-7-11-10-6-2-3-8-12(10)14-13(9)11;1-9-6-7-13-11(8-9)10-4-2-3-5-12(10)14-13;1-5-3-2-4-6-5/h2*2-12H,1H3;3*2-8H,1H3;2-4H,1H3. The minimum Gasteiger partial charge on any atom is -0.456 e. The summed E-state index contributed by atoms with van der Waals surface area (Å²) < 4.78 is 23.2. The van der Waals surface area contributed by atoms with Crippen LogP contribution >= 0.6 is 34.0 Å². The van der Waals surface area contributed by atoms with Crippen molar-refractivity contribution in [2.75, 3.05) is 0 Å². The molecule has 18 aromatic rings. The molecule has 12 aromatic carbocycles. The molecule has 0 amide bonds. The van der Waals surface area contributed by atoms with E-state index in [0.717, 1.165) is 39.1 Å². The Morgan fingerprint density at radius 2 is 0.705 bits per heavy atom. The Morgan fingerprint density at radius 1 is 0.261 bits per heavy atom. The molecule has 6 heterocycles. The molecule has 3 nitrogen and oxygen atoms in total. The Labute approximate surface area is 524 Å². The molecule has 0 N–H and O–H groups in total. The van der Waals surface area contributed by atoms with E-state index < -0.39 is 0 Å². The SMILES string of the molecule is Cc1ccc(-c2ccc3oc4ccccc4c3c2)cc1.Cc1ccc(-c2cccc3c2oc2ccccc23)cc1.Cc1ccc2oc3ccccc3c2c1.Cc1ccc2sc3ccccc3c2c1.Cc1cccc2c1sc1ccccc12.Cc1cccs1. The Kier molecular flexibility index (Phi) is 16.7. The highest BCUT2D eigenvalue weighted by Gasteiger charge is 2.13. The molecule has 428 valence electrons. The molecule has 6 aromatic heterocycles. The van der Waals surface area contributed by atoms with Gasteiger partial charge in [0, 0.05) is 83.1 Å². The van der Waals surface area contributed by atoms with Gasteiger partial charge in [0.15, 0.2) is 0 Å². The molecule has 0 saturated heterocycles. The van der Waals surface area contributed by atoms with Crippen LogP contribution in [0.2, 0.25) is 0 Å². The lowest BCUT2D eigenvalue weighted by atomic mass is 10.0. The molecule has 0 radical (unpaired) electrons. The zero-order valence-corrected chi connectivity index (χ0v) is 52.5. The van der Waals surface area contributed by atoms with Crippen LogP contribution in [-0.2, 0) is 0 Å². The summed E-state index contributed by atoms with van der Waals surface area (Å²) in [4.78, 5) is 1.38. The maximum Gasteiger partial charge on any atom is 0.143 e. The van der Waals surface area contributed by atoms with E-state index in [1.807, 2.05) is 71.2 Å². The quantitative estimate of drug-likeness (QED) is 0.173. The molecule has 0 fully saturated rings. The summed E-state index contributed by atoms with van der Waals surface area (Å²) in [5.74, 6) is 0. The van der Waals surface area contributed by atoms with Crippen molar-refractivity contribution in [2.45, 2.75) is 41.5 Å². The van der Waals surface area contributed by atoms with Gasteiger partial charge in [0.05, 0.1) is 0 Å². The summed E-state index contributed by atoms with van der Waals surface area (Å²) >= 11 is 5.54. The van der Waals surface area contributed by atoms with Gasteiger partial charge in [-0.25, -0.2) is 0 Å². The van der Waals surface area contributed by atoms with Gasteiger partial charge in [0.1, 0.15) is 33.5 Å². The van der Waals surface area contributed by atoms with Crippen molar-refractivity contribution in [1.29, 1.82) is 0 Å². The average Bonchev–Trinajstić information content (AvgIpc) is 2.77. The highest BCUT2D eigenvalue weighted by molar-refractivity contribution is 7.26. The topological polar surface area (TPSA) is 39.4 Å². The van der Waals surface area contributed by atoms with E-state index in [9.17, 15) is 0 Å².